The van der Waals surface area contributed by atoms with E-state index in [2.05, 4.69) is 28.0 Å². The number of aliphatic hydroxyl groups excluding tert-OH is 1. The van der Waals surface area contributed by atoms with E-state index < -0.39 is 0 Å². The molecular formula is C15H22N4OS. The average Bonchev–Trinajstić information content (AvgIpc) is 3.10. The Morgan fingerprint density at radius 2 is 2.19 bits per heavy atom. The number of aliphatic hydroxyl groups is 1. The molecule has 1 saturated heterocycles. The van der Waals surface area contributed by atoms with Gasteiger partial charge in [-0.05, 0) is 38.9 Å². The van der Waals surface area contributed by atoms with Crippen LogP contribution in [0, 0.1) is 6.92 Å². The molecule has 0 spiro atoms. The van der Waals surface area contributed by atoms with E-state index in [4.69, 9.17) is 5.11 Å². The summed E-state index contributed by atoms with van der Waals surface area (Å²) in [5, 5.41) is 14.5. The maximum atomic E-state index is 9.10. The molecule has 2 aromatic rings. The molecule has 114 valence electrons. The fourth-order valence-corrected chi connectivity index (χ4v) is 3.89. The Labute approximate surface area is 129 Å². The number of rotatable bonds is 5. The molecule has 5 nitrogen and oxygen atoms in total. The van der Waals surface area contributed by atoms with Crippen LogP contribution in [0.3, 0.4) is 0 Å². The third-order valence-corrected chi connectivity index (χ3v) is 5.01. The molecule has 2 aromatic heterocycles. The fourth-order valence-electron chi connectivity index (χ4n) is 3.06. The van der Waals surface area contributed by atoms with Gasteiger partial charge in [-0.25, -0.2) is 4.98 Å². The van der Waals surface area contributed by atoms with Crippen LogP contribution < -0.4 is 0 Å². The van der Waals surface area contributed by atoms with Gasteiger partial charge in [0, 0.05) is 35.4 Å². The highest BCUT2D eigenvalue weighted by molar-refractivity contribution is 7.11. The predicted octanol–water partition coefficient (Wildman–Crippen LogP) is 2.02. The molecule has 6 heteroatoms. The Balaban J connectivity index is 1.56. The number of aromatic nitrogens is 3. The zero-order valence-electron chi connectivity index (χ0n) is 12.4. The molecule has 0 aliphatic carbocycles. The zero-order valence-corrected chi connectivity index (χ0v) is 13.2. The quantitative estimate of drug-likeness (QED) is 0.918. The van der Waals surface area contributed by atoms with Gasteiger partial charge in [0.1, 0.15) is 0 Å². The molecule has 1 aliphatic heterocycles. The van der Waals surface area contributed by atoms with Crippen molar-refractivity contribution in [2.75, 3.05) is 19.7 Å². The summed E-state index contributed by atoms with van der Waals surface area (Å²) in [5.41, 5.74) is 1.28. The topological polar surface area (TPSA) is 54.2 Å². The van der Waals surface area contributed by atoms with Crippen LogP contribution in [-0.4, -0.2) is 44.5 Å². The van der Waals surface area contributed by atoms with E-state index in [1.54, 1.807) is 11.3 Å². The van der Waals surface area contributed by atoms with Crippen LogP contribution in [0.5, 0.6) is 0 Å². The monoisotopic (exact) mass is 306 g/mol. The van der Waals surface area contributed by atoms with E-state index >= 15 is 0 Å². The van der Waals surface area contributed by atoms with Crippen LogP contribution >= 0.6 is 11.3 Å². The minimum atomic E-state index is 0.151. The zero-order chi connectivity index (χ0) is 14.7. The molecule has 1 N–H and O–H groups in total. The Kier molecular flexibility index (Phi) is 4.67. The fraction of sp³-hybridized carbons (Fsp3) is 0.600. The molecule has 1 fully saturated rings. The maximum absolute atomic E-state index is 9.10. The number of aryl methyl sites for hydroxylation is 1. The summed E-state index contributed by atoms with van der Waals surface area (Å²) in [6, 6.07) is 2.10. The SMILES string of the molecule is Cc1ncc(CN2CCC(c3ccnn3CCO)CC2)s1. The Bertz CT molecular complexity index is 572. The third-order valence-electron chi connectivity index (χ3n) is 4.12. The van der Waals surface area contributed by atoms with E-state index in [0.717, 1.165) is 37.5 Å². The van der Waals surface area contributed by atoms with Gasteiger partial charge in [0.15, 0.2) is 0 Å². The van der Waals surface area contributed by atoms with Gasteiger partial charge in [-0.15, -0.1) is 11.3 Å². The van der Waals surface area contributed by atoms with Crippen molar-refractivity contribution in [3.05, 3.63) is 34.0 Å². The summed E-state index contributed by atoms with van der Waals surface area (Å²) in [6.07, 6.45) is 6.17. The van der Waals surface area contributed by atoms with E-state index in [1.807, 2.05) is 17.1 Å². The van der Waals surface area contributed by atoms with Gasteiger partial charge < -0.3 is 5.11 Å². The second-order valence-electron chi connectivity index (χ2n) is 5.60. The standard InChI is InChI=1S/C15H22N4OS/c1-12-16-10-14(21-12)11-18-6-3-13(4-7-18)15-2-5-17-19(15)8-9-20/h2,5,10,13,20H,3-4,6-9,11H2,1H3. The lowest BCUT2D eigenvalue weighted by Crippen LogP contribution is -2.33. The highest BCUT2D eigenvalue weighted by Gasteiger charge is 2.23. The molecule has 0 amide bonds. The second-order valence-corrected chi connectivity index (χ2v) is 6.92. The summed E-state index contributed by atoms with van der Waals surface area (Å²) >= 11 is 1.79. The van der Waals surface area contributed by atoms with Crippen molar-refractivity contribution < 1.29 is 5.11 Å². The molecule has 3 heterocycles. The average molecular weight is 306 g/mol. The normalized spacial score (nSPS) is 17.4. The maximum Gasteiger partial charge on any atom is 0.0897 e. The largest absolute Gasteiger partial charge is 0.394 e. The summed E-state index contributed by atoms with van der Waals surface area (Å²) in [6.45, 7) is 6.07. The van der Waals surface area contributed by atoms with Crippen molar-refractivity contribution in [3.8, 4) is 0 Å². The Hall–Kier alpha value is -1.24. The first-order valence-corrected chi connectivity index (χ1v) is 8.34. The van der Waals surface area contributed by atoms with Crippen molar-refractivity contribution in [1.29, 1.82) is 0 Å². The van der Waals surface area contributed by atoms with Gasteiger partial charge in [-0.2, -0.15) is 5.10 Å². The molecule has 0 radical (unpaired) electrons. The molecule has 0 atom stereocenters. The van der Waals surface area contributed by atoms with Crippen molar-refractivity contribution in [1.82, 2.24) is 19.7 Å². The number of likely N-dealkylation sites (tertiary alicyclic amines) is 1. The van der Waals surface area contributed by atoms with Crippen LogP contribution in [0.25, 0.3) is 0 Å². The lowest BCUT2D eigenvalue weighted by Gasteiger charge is -2.31. The molecule has 0 unspecified atom stereocenters. The molecule has 3 rings (SSSR count). The van der Waals surface area contributed by atoms with Crippen LogP contribution in [-0.2, 0) is 13.1 Å². The molecule has 0 bridgehead atoms. The van der Waals surface area contributed by atoms with Gasteiger partial charge >= 0.3 is 0 Å². The predicted molar refractivity (Wildman–Crippen MR) is 83.4 cm³/mol. The van der Waals surface area contributed by atoms with Crippen LogP contribution in [0.15, 0.2) is 18.5 Å². The lowest BCUT2D eigenvalue weighted by atomic mass is 9.93. The van der Waals surface area contributed by atoms with Crippen molar-refractivity contribution in [3.63, 3.8) is 0 Å². The van der Waals surface area contributed by atoms with Gasteiger partial charge in [0.25, 0.3) is 0 Å². The molecule has 21 heavy (non-hydrogen) atoms. The molecular weight excluding hydrogens is 284 g/mol. The number of piperidine rings is 1. The van der Waals surface area contributed by atoms with E-state index in [-0.39, 0.29) is 6.61 Å². The molecule has 1 aliphatic rings. The van der Waals surface area contributed by atoms with Gasteiger partial charge in [-0.1, -0.05) is 0 Å². The minimum absolute atomic E-state index is 0.151. The van der Waals surface area contributed by atoms with Gasteiger partial charge in [-0.3, -0.25) is 9.58 Å². The number of hydrogen-bond acceptors (Lipinski definition) is 5. The summed E-state index contributed by atoms with van der Waals surface area (Å²) in [5.74, 6) is 0.568. The highest BCUT2D eigenvalue weighted by Crippen LogP contribution is 2.29. The summed E-state index contributed by atoms with van der Waals surface area (Å²) in [4.78, 5) is 8.19. The Morgan fingerprint density at radius 1 is 1.38 bits per heavy atom. The first kappa shape index (κ1) is 14.7. The number of nitrogens with zero attached hydrogens (tertiary/aromatic N) is 4. The first-order chi connectivity index (χ1) is 10.3. The van der Waals surface area contributed by atoms with E-state index in [0.29, 0.717) is 12.5 Å². The number of hydrogen-bond donors (Lipinski definition) is 1. The Morgan fingerprint density at radius 3 is 2.86 bits per heavy atom. The van der Waals surface area contributed by atoms with Crippen molar-refractivity contribution in [2.45, 2.75) is 38.8 Å². The number of thiazole rings is 1. The van der Waals surface area contributed by atoms with Crippen molar-refractivity contribution in [2.24, 2.45) is 0 Å². The molecule has 0 aromatic carbocycles. The highest BCUT2D eigenvalue weighted by atomic mass is 32.1. The summed E-state index contributed by atoms with van der Waals surface area (Å²) in [7, 11) is 0. The summed E-state index contributed by atoms with van der Waals surface area (Å²) < 4.78 is 1.95. The third kappa shape index (κ3) is 3.51. The first-order valence-electron chi connectivity index (χ1n) is 7.52. The van der Waals surface area contributed by atoms with Gasteiger partial charge in [0.05, 0.1) is 18.2 Å². The van der Waals surface area contributed by atoms with Crippen molar-refractivity contribution >= 4 is 11.3 Å². The second kappa shape index (κ2) is 6.68. The van der Waals surface area contributed by atoms with E-state index in [9.17, 15) is 0 Å². The lowest BCUT2D eigenvalue weighted by molar-refractivity contribution is 0.200. The molecule has 0 saturated carbocycles. The smallest absolute Gasteiger partial charge is 0.0897 e. The minimum Gasteiger partial charge on any atom is -0.394 e. The van der Waals surface area contributed by atoms with Gasteiger partial charge in [0.2, 0.25) is 0 Å². The van der Waals surface area contributed by atoms with Crippen LogP contribution in [0.2, 0.25) is 0 Å². The van der Waals surface area contributed by atoms with Crippen LogP contribution in [0.4, 0.5) is 0 Å². The van der Waals surface area contributed by atoms with E-state index in [1.165, 1.54) is 10.6 Å². The van der Waals surface area contributed by atoms with Crippen LogP contribution in [0.1, 0.15) is 34.3 Å².